The predicted molar refractivity (Wildman–Crippen MR) is 76.8 cm³/mol. The Kier molecular flexibility index (Phi) is 3.79. The zero-order chi connectivity index (χ0) is 14.9. The van der Waals surface area contributed by atoms with E-state index in [-0.39, 0.29) is 11.2 Å². The van der Waals surface area contributed by atoms with Crippen LogP contribution in [0.4, 0.5) is 0 Å². The summed E-state index contributed by atoms with van der Waals surface area (Å²) in [7, 11) is 2.91. The van der Waals surface area contributed by atoms with Crippen LogP contribution in [0.5, 0.6) is 11.5 Å². The molecule has 0 atom stereocenters. The topological polar surface area (TPSA) is 61.6 Å². The van der Waals surface area contributed by atoms with Crippen LogP contribution >= 0.6 is 0 Å². The van der Waals surface area contributed by atoms with Gasteiger partial charge in [-0.05, 0) is 26.8 Å². The van der Waals surface area contributed by atoms with Gasteiger partial charge >= 0.3 is 0 Å². The van der Waals surface area contributed by atoms with E-state index in [0.717, 1.165) is 0 Å². The van der Waals surface area contributed by atoms with Crippen molar-refractivity contribution in [2.75, 3.05) is 14.2 Å². The van der Waals surface area contributed by atoms with Crippen LogP contribution in [0.25, 0.3) is 23.6 Å². The lowest BCUT2D eigenvalue weighted by Crippen LogP contribution is -2.30. The van der Waals surface area contributed by atoms with E-state index in [1.54, 1.807) is 6.92 Å². The van der Waals surface area contributed by atoms with Gasteiger partial charge in [0, 0.05) is 5.56 Å². The minimum absolute atomic E-state index is 0.149. The van der Waals surface area contributed by atoms with Gasteiger partial charge in [0.1, 0.15) is 10.8 Å². The summed E-state index contributed by atoms with van der Waals surface area (Å²) < 4.78 is 16.2. The third-order valence-corrected chi connectivity index (χ3v) is 3.16. The van der Waals surface area contributed by atoms with Gasteiger partial charge < -0.3 is 13.9 Å². The molecule has 0 bridgehead atoms. The second-order valence-corrected chi connectivity index (χ2v) is 4.24. The number of aromatic nitrogens is 1. The van der Waals surface area contributed by atoms with E-state index in [1.165, 1.54) is 14.2 Å². The molecule has 0 saturated heterocycles. The highest BCUT2D eigenvalue weighted by molar-refractivity contribution is 5.71. The molecule has 0 fully saturated rings. The molecular formula is C15H17NO4. The monoisotopic (exact) mass is 275 g/mol. The highest BCUT2D eigenvalue weighted by Gasteiger charge is 2.25. The Morgan fingerprint density at radius 3 is 2.25 bits per heavy atom. The molecule has 1 heterocycles. The van der Waals surface area contributed by atoms with Crippen molar-refractivity contribution in [2.24, 2.45) is 0 Å². The highest BCUT2D eigenvalue weighted by Crippen LogP contribution is 2.35. The molecule has 20 heavy (non-hydrogen) atoms. The molecule has 1 aliphatic heterocycles. The lowest BCUT2D eigenvalue weighted by Gasteiger charge is -2.14. The Morgan fingerprint density at radius 1 is 1.10 bits per heavy atom. The van der Waals surface area contributed by atoms with Crippen molar-refractivity contribution >= 4 is 12.2 Å². The fraction of sp³-hybridized carbons (Fsp3) is 0.333. The van der Waals surface area contributed by atoms with Gasteiger partial charge in [-0.1, -0.05) is 6.08 Å². The second kappa shape index (κ2) is 5.36. The third kappa shape index (κ3) is 1.95. The predicted octanol–water partition coefficient (Wildman–Crippen LogP) is 1.07. The van der Waals surface area contributed by atoms with Crippen LogP contribution in [0.2, 0.25) is 0 Å². The molecule has 0 amide bonds. The van der Waals surface area contributed by atoms with Crippen molar-refractivity contribution in [2.45, 2.75) is 20.8 Å². The first-order valence-corrected chi connectivity index (χ1v) is 6.27. The Morgan fingerprint density at radius 2 is 1.75 bits per heavy atom. The molecule has 1 aliphatic carbocycles. The van der Waals surface area contributed by atoms with E-state index in [9.17, 15) is 4.79 Å². The van der Waals surface area contributed by atoms with E-state index in [0.29, 0.717) is 33.5 Å². The number of nitrogens with zero attached hydrogens (tertiary/aromatic N) is 1. The molecule has 0 N–H and O–H groups in total. The molecule has 0 aromatic carbocycles. The van der Waals surface area contributed by atoms with E-state index in [4.69, 9.17) is 13.9 Å². The summed E-state index contributed by atoms with van der Waals surface area (Å²) in [5.41, 5.74) is 1.31. The molecule has 0 saturated carbocycles. The molecule has 0 unspecified atom stereocenters. The van der Waals surface area contributed by atoms with Gasteiger partial charge in [-0.25, -0.2) is 4.98 Å². The Hall–Kier alpha value is -2.30. The maximum atomic E-state index is 12.2. The summed E-state index contributed by atoms with van der Waals surface area (Å²) in [6, 6.07) is 0. The Bertz CT molecular complexity index is 789. The summed E-state index contributed by atoms with van der Waals surface area (Å²) in [4.78, 5) is 16.8. The average Bonchev–Trinajstić information content (AvgIpc) is 2.49. The van der Waals surface area contributed by atoms with Crippen molar-refractivity contribution in [3.05, 3.63) is 26.6 Å². The minimum Gasteiger partial charge on any atom is -0.491 e. The van der Waals surface area contributed by atoms with E-state index in [1.807, 2.05) is 26.0 Å². The van der Waals surface area contributed by atoms with Gasteiger partial charge in [0.25, 0.3) is 0 Å². The average molecular weight is 275 g/mol. The highest BCUT2D eigenvalue weighted by atomic mass is 16.5. The lowest BCUT2D eigenvalue weighted by atomic mass is 10.1. The number of benzene rings is 1. The normalized spacial score (nSPS) is 13.1. The van der Waals surface area contributed by atoms with Crippen LogP contribution in [0.15, 0.2) is 9.21 Å². The summed E-state index contributed by atoms with van der Waals surface area (Å²) in [5, 5.41) is 0.693. The fourth-order valence-electron chi connectivity index (χ4n) is 2.12. The van der Waals surface area contributed by atoms with Gasteiger partial charge in [-0.3, -0.25) is 4.79 Å². The Labute approximate surface area is 116 Å². The van der Waals surface area contributed by atoms with Crippen molar-refractivity contribution < 1.29 is 13.9 Å². The fourth-order valence-corrected chi connectivity index (χ4v) is 2.12. The first-order chi connectivity index (χ1) is 9.58. The molecule has 106 valence electrons. The van der Waals surface area contributed by atoms with Gasteiger partial charge in [0.15, 0.2) is 17.2 Å². The number of ether oxygens (including phenoxy) is 2. The van der Waals surface area contributed by atoms with E-state index < -0.39 is 0 Å². The molecule has 2 aliphatic rings. The van der Waals surface area contributed by atoms with Gasteiger partial charge in [-0.2, -0.15) is 0 Å². The maximum absolute atomic E-state index is 12.2. The molecule has 5 heteroatoms. The smallest absolute Gasteiger partial charge is 0.231 e. The lowest BCUT2D eigenvalue weighted by molar-refractivity contribution is 0.349. The summed E-state index contributed by atoms with van der Waals surface area (Å²) >= 11 is 0. The van der Waals surface area contributed by atoms with Crippen molar-refractivity contribution in [3.63, 3.8) is 0 Å². The zero-order valence-corrected chi connectivity index (χ0v) is 12.2. The van der Waals surface area contributed by atoms with Crippen LogP contribution in [0, 0.1) is 6.92 Å². The summed E-state index contributed by atoms with van der Waals surface area (Å²) in [6.45, 7) is 5.41. The molecule has 0 radical (unpaired) electrons. The van der Waals surface area contributed by atoms with Crippen molar-refractivity contribution in [1.82, 2.24) is 4.98 Å². The zero-order valence-electron chi connectivity index (χ0n) is 12.2. The van der Waals surface area contributed by atoms with Crippen molar-refractivity contribution in [1.29, 1.82) is 0 Å². The quantitative estimate of drug-likeness (QED) is 0.820. The van der Waals surface area contributed by atoms with Gasteiger partial charge in [0.2, 0.25) is 11.2 Å². The molecule has 2 rings (SSSR count). The van der Waals surface area contributed by atoms with Crippen LogP contribution < -0.4 is 25.7 Å². The summed E-state index contributed by atoms with van der Waals surface area (Å²) in [5.74, 6) is 0.870. The number of rotatable bonds is 2. The largest absolute Gasteiger partial charge is 0.491 e. The van der Waals surface area contributed by atoms with Crippen molar-refractivity contribution in [3.8, 4) is 23.0 Å². The molecule has 0 aromatic rings. The third-order valence-electron chi connectivity index (χ3n) is 3.16. The SMILES string of the molecule is C/C=c1/nc2c(OC)c(OC)c(=O)c(C)c-2o/c1=C/C. The molecule has 5 nitrogen and oxygen atoms in total. The van der Waals surface area contributed by atoms with Crippen LogP contribution in [-0.2, 0) is 0 Å². The molecule has 0 aromatic heterocycles. The number of fused-ring (bicyclic) bond motifs is 1. The van der Waals surface area contributed by atoms with Gasteiger partial charge in [0.05, 0.1) is 14.2 Å². The van der Waals surface area contributed by atoms with Crippen LogP contribution in [-0.4, -0.2) is 19.2 Å². The number of hydrogen-bond acceptors (Lipinski definition) is 5. The Balaban J connectivity index is 3.11. The number of methoxy groups -OCH3 is 2. The molecular weight excluding hydrogens is 258 g/mol. The first-order valence-electron chi connectivity index (χ1n) is 6.27. The van der Waals surface area contributed by atoms with E-state index in [2.05, 4.69) is 4.98 Å². The first kappa shape index (κ1) is 14.1. The second-order valence-electron chi connectivity index (χ2n) is 4.24. The van der Waals surface area contributed by atoms with Crippen LogP contribution in [0.3, 0.4) is 0 Å². The standard InChI is InChI=1S/C15H17NO4/c1-6-9-10(7-2)20-13-8(3)12(17)15(19-5)14(18-4)11(13)16-9/h6-7H,1-5H3/b9-6+,10-7+. The summed E-state index contributed by atoms with van der Waals surface area (Å²) in [6.07, 6.45) is 3.65. The maximum Gasteiger partial charge on any atom is 0.231 e. The van der Waals surface area contributed by atoms with E-state index >= 15 is 0 Å². The van der Waals surface area contributed by atoms with Crippen LogP contribution in [0.1, 0.15) is 19.4 Å². The molecule has 0 spiro atoms. The minimum atomic E-state index is -0.252. The van der Waals surface area contributed by atoms with Gasteiger partial charge in [-0.15, -0.1) is 0 Å². The number of hydrogen-bond donors (Lipinski definition) is 0.